The second-order valence-electron chi connectivity index (χ2n) is 1.89. The number of aliphatic imine (C=N–C) groups is 1. The van der Waals surface area contributed by atoms with Gasteiger partial charge in [-0.3, -0.25) is 9.79 Å². The molecule has 0 unspecified atom stereocenters. The number of rotatable bonds is 4. The van der Waals surface area contributed by atoms with E-state index in [1.54, 1.807) is 14.1 Å². The zero-order valence-electron chi connectivity index (χ0n) is 6.22. The molecule has 0 saturated heterocycles. The van der Waals surface area contributed by atoms with Gasteiger partial charge < -0.3 is 10.4 Å². The molecule has 0 aliphatic heterocycles. The Morgan fingerprint density at radius 3 is 2.60 bits per heavy atom. The molecule has 0 aromatic rings. The van der Waals surface area contributed by atoms with Crippen LogP contribution in [0.5, 0.6) is 0 Å². The summed E-state index contributed by atoms with van der Waals surface area (Å²) in [7, 11) is 3.35. The molecule has 2 N–H and O–H groups in total. The standard InChI is InChI=1S/C6H12N2O2/c1-7-4-5(8-2)3-6(9)10/h7H,3-4H2,1-2H3,(H,9,10). The minimum absolute atomic E-state index is 0.0251. The molecular weight excluding hydrogens is 132 g/mol. The van der Waals surface area contributed by atoms with Gasteiger partial charge in [-0.15, -0.1) is 0 Å². The summed E-state index contributed by atoms with van der Waals surface area (Å²) in [5.74, 6) is -0.837. The van der Waals surface area contributed by atoms with Gasteiger partial charge in [-0.2, -0.15) is 0 Å². The van der Waals surface area contributed by atoms with Crippen LogP contribution in [0.25, 0.3) is 0 Å². The molecule has 10 heavy (non-hydrogen) atoms. The van der Waals surface area contributed by atoms with E-state index in [4.69, 9.17) is 5.11 Å². The lowest BCUT2D eigenvalue weighted by Gasteiger charge is -1.99. The molecule has 0 aliphatic carbocycles. The summed E-state index contributed by atoms with van der Waals surface area (Å²) in [5, 5.41) is 11.2. The van der Waals surface area contributed by atoms with E-state index in [9.17, 15) is 4.79 Å². The number of nitrogens with zero attached hydrogens (tertiary/aromatic N) is 1. The lowest BCUT2D eigenvalue weighted by atomic mass is 10.3. The summed E-state index contributed by atoms with van der Waals surface area (Å²) < 4.78 is 0. The topological polar surface area (TPSA) is 61.7 Å². The van der Waals surface area contributed by atoms with Crippen LogP contribution in [0, 0.1) is 0 Å². The van der Waals surface area contributed by atoms with Gasteiger partial charge in [0.1, 0.15) is 0 Å². The number of aliphatic carboxylic acids is 1. The normalized spacial score (nSPS) is 11.6. The van der Waals surface area contributed by atoms with Gasteiger partial charge in [0, 0.05) is 19.3 Å². The van der Waals surface area contributed by atoms with Crippen molar-refractivity contribution in [1.82, 2.24) is 5.32 Å². The zero-order valence-corrected chi connectivity index (χ0v) is 6.22. The van der Waals surface area contributed by atoms with Crippen molar-refractivity contribution in [3.8, 4) is 0 Å². The largest absolute Gasteiger partial charge is 0.481 e. The number of nitrogens with one attached hydrogen (secondary N) is 1. The second kappa shape index (κ2) is 4.93. The fraction of sp³-hybridized carbons (Fsp3) is 0.667. The predicted octanol–water partition coefficient (Wildman–Crippen LogP) is -0.249. The molecule has 0 atom stereocenters. The molecule has 0 fully saturated rings. The molecule has 0 radical (unpaired) electrons. The molecule has 0 aromatic carbocycles. The van der Waals surface area contributed by atoms with Crippen molar-refractivity contribution in [2.45, 2.75) is 6.42 Å². The Balaban J connectivity index is 3.73. The first-order valence-corrected chi connectivity index (χ1v) is 3.01. The molecule has 0 spiro atoms. The summed E-state index contributed by atoms with van der Waals surface area (Å²) in [5.41, 5.74) is 0.662. The Bertz CT molecular complexity index is 143. The average Bonchev–Trinajstić information content (AvgIpc) is 1.86. The van der Waals surface area contributed by atoms with Gasteiger partial charge in [-0.25, -0.2) is 0 Å². The van der Waals surface area contributed by atoms with Crippen molar-refractivity contribution < 1.29 is 9.90 Å². The Morgan fingerprint density at radius 1 is 1.70 bits per heavy atom. The van der Waals surface area contributed by atoms with Gasteiger partial charge in [0.2, 0.25) is 0 Å². The van der Waals surface area contributed by atoms with Crippen LogP contribution in [-0.2, 0) is 4.79 Å². The molecule has 58 valence electrons. The molecule has 0 aromatic heterocycles. The number of hydrogen-bond acceptors (Lipinski definition) is 3. The fourth-order valence-corrected chi connectivity index (χ4v) is 0.599. The van der Waals surface area contributed by atoms with E-state index in [1.807, 2.05) is 0 Å². The molecule has 0 rings (SSSR count). The summed E-state index contributed by atoms with van der Waals surface area (Å²) in [6, 6.07) is 0. The van der Waals surface area contributed by atoms with E-state index in [1.165, 1.54) is 0 Å². The van der Waals surface area contributed by atoms with Crippen LogP contribution < -0.4 is 5.32 Å². The molecule has 0 saturated carbocycles. The van der Waals surface area contributed by atoms with Crippen molar-refractivity contribution in [2.24, 2.45) is 4.99 Å². The third-order valence-electron chi connectivity index (χ3n) is 1.05. The minimum atomic E-state index is -0.837. The van der Waals surface area contributed by atoms with E-state index in [2.05, 4.69) is 10.3 Å². The van der Waals surface area contributed by atoms with E-state index in [0.717, 1.165) is 0 Å². The lowest BCUT2D eigenvalue weighted by Crippen LogP contribution is -2.21. The van der Waals surface area contributed by atoms with Crippen LogP contribution in [0.2, 0.25) is 0 Å². The molecule has 4 nitrogen and oxygen atoms in total. The van der Waals surface area contributed by atoms with Crippen LogP contribution in [-0.4, -0.2) is 37.4 Å². The van der Waals surface area contributed by atoms with Gasteiger partial charge in [0.25, 0.3) is 0 Å². The zero-order chi connectivity index (χ0) is 7.98. The third kappa shape index (κ3) is 4.03. The van der Waals surface area contributed by atoms with Crippen molar-refractivity contribution in [3.63, 3.8) is 0 Å². The van der Waals surface area contributed by atoms with E-state index >= 15 is 0 Å². The first kappa shape index (κ1) is 9.10. The number of carboxylic acids is 1. The van der Waals surface area contributed by atoms with Gasteiger partial charge >= 0.3 is 5.97 Å². The maximum Gasteiger partial charge on any atom is 0.309 e. The number of hydrogen-bond donors (Lipinski definition) is 2. The van der Waals surface area contributed by atoms with Crippen LogP contribution in [0.4, 0.5) is 0 Å². The van der Waals surface area contributed by atoms with Crippen LogP contribution in [0.3, 0.4) is 0 Å². The van der Waals surface area contributed by atoms with E-state index in [-0.39, 0.29) is 6.42 Å². The molecule has 0 heterocycles. The smallest absolute Gasteiger partial charge is 0.309 e. The first-order valence-electron chi connectivity index (χ1n) is 3.01. The second-order valence-corrected chi connectivity index (χ2v) is 1.89. The molecule has 0 aliphatic rings. The Labute approximate surface area is 60.0 Å². The summed E-state index contributed by atoms with van der Waals surface area (Å²) >= 11 is 0. The molecule has 0 bridgehead atoms. The highest BCUT2D eigenvalue weighted by Gasteiger charge is 2.02. The lowest BCUT2D eigenvalue weighted by molar-refractivity contribution is -0.135. The van der Waals surface area contributed by atoms with Crippen molar-refractivity contribution in [2.75, 3.05) is 20.6 Å². The maximum absolute atomic E-state index is 10.1. The Hall–Kier alpha value is -0.900. The SMILES string of the molecule is CN=C(CNC)CC(=O)O. The fourth-order valence-electron chi connectivity index (χ4n) is 0.599. The number of carboxylic acid groups (broad SMARTS) is 1. The van der Waals surface area contributed by atoms with Crippen LogP contribution in [0.15, 0.2) is 4.99 Å². The van der Waals surface area contributed by atoms with Crippen LogP contribution in [0.1, 0.15) is 6.42 Å². The van der Waals surface area contributed by atoms with Crippen LogP contribution >= 0.6 is 0 Å². The van der Waals surface area contributed by atoms with Crippen molar-refractivity contribution >= 4 is 11.7 Å². The number of carbonyl (C=O) groups is 1. The Kier molecular flexibility index (Phi) is 4.49. The average molecular weight is 144 g/mol. The maximum atomic E-state index is 10.1. The predicted molar refractivity (Wildman–Crippen MR) is 39.5 cm³/mol. The van der Waals surface area contributed by atoms with Gasteiger partial charge in [-0.05, 0) is 7.05 Å². The highest BCUT2D eigenvalue weighted by Crippen LogP contribution is 1.84. The highest BCUT2D eigenvalue weighted by molar-refractivity contribution is 5.99. The molecular formula is C6H12N2O2. The summed E-state index contributed by atoms with van der Waals surface area (Å²) in [6.45, 7) is 0.544. The third-order valence-corrected chi connectivity index (χ3v) is 1.05. The van der Waals surface area contributed by atoms with E-state index in [0.29, 0.717) is 12.3 Å². The van der Waals surface area contributed by atoms with Crippen molar-refractivity contribution in [3.05, 3.63) is 0 Å². The van der Waals surface area contributed by atoms with Gasteiger partial charge in [-0.1, -0.05) is 0 Å². The minimum Gasteiger partial charge on any atom is -0.481 e. The monoisotopic (exact) mass is 144 g/mol. The highest BCUT2D eigenvalue weighted by atomic mass is 16.4. The molecule has 0 amide bonds. The first-order chi connectivity index (χ1) is 4.70. The van der Waals surface area contributed by atoms with E-state index < -0.39 is 5.97 Å². The quantitative estimate of drug-likeness (QED) is 0.535. The van der Waals surface area contributed by atoms with Crippen molar-refractivity contribution in [1.29, 1.82) is 0 Å². The van der Waals surface area contributed by atoms with Gasteiger partial charge in [0.05, 0.1) is 6.42 Å². The molecule has 4 heteroatoms. The Morgan fingerprint density at radius 2 is 2.30 bits per heavy atom. The summed E-state index contributed by atoms with van der Waals surface area (Å²) in [4.78, 5) is 13.9. The van der Waals surface area contributed by atoms with Gasteiger partial charge in [0.15, 0.2) is 0 Å². The summed E-state index contributed by atoms with van der Waals surface area (Å²) in [6.07, 6.45) is 0.0251.